The Morgan fingerprint density at radius 2 is 1.85 bits per heavy atom. The molecule has 13 heavy (non-hydrogen) atoms. The molecular formula is C13H17. The SMILES string of the molecule is [CH]=CCCCc1c(C)cccc1C. The molecule has 0 fully saturated rings. The Balaban J connectivity index is 2.69. The van der Waals surface area contributed by atoms with E-state index in [2.05, 4.69) is 32.0 Å². The minimum atomic E-state index is 1.01. The molecule has 0 aliphatic carbocycles. The Bertz CT molecular complexity index is 264. The molecule has 0 spiro atoms. The molecule has 0 aliphatic heterocycles. The largest absolute Gasteiger partial charge is 0.0845 e. The third kappa shape index (κ3) is 2.73. The fourth-order valence-corrected chi connectivity index (χ4v) is 1.64. The molecule has 1 rings (SSSR count). The van der Waals surface area contributed by atoms with Gasteiger partial charge in [0.15, 0.2) is 0 Å². The second-order valence-corrected chi connectivity index (χ2v) is 3.50. The summed E-state index contributed by atoms with van der Waals surface area (Å²) < 4.78 is 0. The maximum Gasteiger partial charge on any atom is -0.0271 e. The maximum absolute atomic E-state index is 5.34. The Hall–Kier alpha value is -1.04. The number of unbranched alkanes of at least 4 members (excludes halogenated alkanes) is 1. The van der Waals surface area contributed by atoms with Gasteiger partial charge in [-0.3, -0.25) is 0 Å². The number of aryl methyl sites for hydroxylation is 2. The van der Waals surface area contributed by atoms with Gasteiger partial charge < -0.3 is 0 Å². The van der Waals surface area contributed by atoms with Crippen LogP contribution in [0.25, 0.3) is 0 Å². The first-order chi connectivity index (χ1) is 6.25. The average Bonchev–Trinajstić information content (AvgIpc) is 2.10. The van der Waals surface area contributed by atoms with Gasteiger partial charge in [0.05, 0.1) is 0 Å². The lowest BCUT2D eigenvalue weighted by atomic mass is 9.98. The molecule has 0 heterocycles. The molecule has 0 bridgehead atoms. The monoisotopic (exact) mass is 173 g/mol. The van der Waals surface area contributed by atoms with Crippen LogP contribution in [-0.4, -0.2) is 0 Å². The van der Waals surface area contributed by atoms with Crippen molar-refractivity contribution in [3.63, 3.8) is 0 Å². The first-order valence-electron chi connectivity index (χ1n) is 4.84. The Morgan fingerprint density at radius 1 is 1.23 bits per heavy atom. The molecule has 0 aromatic heterocycles. The molecular weight excluding hydrogens is 156 g/mol. The lowest BCUT2D eigenvalue weighted by Crippen LogP contribution is -1.93. The van der Waals surface area contributed by atoms with E-state index in [1.54, 1.807) is 6.08 Å². The average molecular weight is 173 g/mol. The first kappa shape index (κ1) is 10.0. The summed E-state index contributed by atoms with van der Waals surface area (Å²) in [5.41, 5.74) is 4.29. The van der Waals surface area contributed by atoms with Gasteiger partial charge in [-0.1, -0.05) is 30.9 Å². The van der Waals surface area contributed by atoms with Gasteiger partial charge in [0, 0.05) is 0 Å². The van der Waals surface area contributed by atoms with Crippen LogP contribution in [0.4, 0.5) is 0 Å². The van der Waals surface area contributed by atoms with E-state index in [1.165, 1.54) is 16.7 Å². The molecule has 1 aromatic carbocycles. The normalized spacial score (nSPS) is 10.0. The summed E-state index contributed by atoms with van der Waals surface area (Å²) in [7, 11) is 0. The van der Waals surface area contributed by atoms with Gasteiger partial charge in [-0.2, -0.15) is 0 Å². The Kier molecular flexibility index (Phi) is 3.75. The summed E-state index contributed by atoms with van der Waals surface area (Å²) in [6, 6.07) is 6.46. The molecule has 1 aromatic rings. The van der Waals surface area contributed by atoms with E-state index < -0.39 is 0 Å². The fraction of sp³-hybridized carbons (Fsp3) is 0.385. The van der Waals surface area contributed by atoms with Crippen LogP contribution in [0.5, 0.6) is 0 Å². The second kappa shape index (κ2) is 4.86. The number of hydrogen-bond donors (Lipinski definition) is 0. The summed E-state index contributed by atoms with van der Waals surface area (Å²) in [6.45, 7) is 9.69. The summed E-state index contributed by atoms with van der Waals surface area (Å²) in [4.78, 5) is 0. The van der Waals surface area contributed by atoms with E-state index >= 15 is 0 Å². The summed E-state index contributed by atoms with van der Waals surface area (Å²) in [6.07, 6.45) is 5.05. The first-order valence-corrected chi connectivity index (χ1v) is 4.84. The summed E-state index contributed by atoms with van der Waals surface area (Å²) in [5, 5.41) is 0. The highest BCUT2D eigenvalue weighted by Crippen LogP contribution is 2.15. The summed E-state index contributed by atoms with van der Waals surface area (Å²) >= 11 is 0. The quantitative estimate of drug-likeness (QED) is 0.610. The zero-order chi connectivity index (χ0) is 9.68. The van der Waals surface area contributed by atoms with Crippen molar-refractivity contribution >= 4 is 0 Å². The van der Waals surface area contributed by atoms with E-state index in [-0.39, 0.29) is 0 Å². The molecule has 0 aliphatic rings. The smallest absolute Gasteiger partial charge is 0.0271 e. The van der Waals surface area contributed by atoms with Crippen LogP contribution in [0.2, 0.25) is 0 Å². The highest BCUT2D eigenvalue weighted by Gasteiger charge is 2.00. The van der Waals surface area contributed by atoms with Crippen LogP contribution in [0.3, 0.4) is 0 Å². The third-order valence-electron chi connectivity index (χ3n) is 2.44. The van der Waals surface area contributed by atoms with Gasteiger partial charge >= 0.3 is 0 Å². The molecule has 0 atom stereocenters. The molecule has 1 radical (unpaired) electrons. The standard InChI is InChI=1S/C13H17/c1-4-5-6-10-13-11(2)8-7-9-12(13)3/h1,4,7-9H,5-6,10H2,2-3H3. The van der Waals surface area contributed by atoms with Crippen molar-refractivity contribution in [1.82, 2.24) is 0 Å². The zero-order valence-corrected chi connectivity index (χ0v) is 8.51. The minimum absolute atomic E-state index is 1.01. The van der Waals surface area contributed by atoms with Crippen LogP contribution in [-0.2, 0) is 6.42 Å². The molecule has 0 heteroatoms. The number of benzene rings is 1. The van der Waals surface area contributed by atoms with Crippen molar-refractivity contribution in [2.24, 2.45) is 0 Å². The second-order valence-electron chi connectivity index (χ2n) is 3.50. The lowest BCUT2D eigenvalue weighted by molar-refractivity contribution is 0.832. The van der Waals surface area contributed by atoms with Crippen molar-refractivity contribution < 1.29 is 0 Å². The van der Waals surface area contributed by atoms with Crippen molar-refractivity contribution in [2.75, 3.05) is 0 Å². The van der Waals surface area contributed by atoms with E-state index in [0.29, 0.717) is 0 Å². The van der Waals surface area contributed by atoms with Gasteiger partial charge in [0.25, 0.3) is 0 Å². The van der Waals surface area contributed by atoms with Gasteiger partial charge in [0.1, 0.15) is 0 Å². The highest BCUT2D eigenvalue weighted by atomic mass is 14.1. The Labute approximate surface area is 81.3 Å². The van der Waals surface area contributed by atoms with Gasteiger partial charge in [-0.15, -0.1) is 0 Å². The molecule has 0 nitrogen and oxygen atoms in total. The topological polar surface area (TPSA) is 0 Å². The lowest BCUT2D eigenvalue weighted by Gasteiger charge is -2.08. The van der Waals surface area contributed by atoms with E-state index in [0.717, 1.165) is 19.3 Å². The van der Waals surface area contributed by atoms with Crippen molar-refractivity contribution in [3.05, 3.63) is 47.5 Å². The van der Waals surface area contributed by atoms with Crippen molar-refractivity contribution in [2.45, 2.75) is 33.1 Å². The molecule has 0 saturated heterocycles. The van der Waals surface area contributed by atoms with Gasteiger partial charge in [-0.05, 0) is 49.8 Å². The van der Waals surface area contributed by atoms with Crippen LogP contribution < -0.4 is 0 Å². The van der Waals surface area contributed by atoms with Crippen molar-refractivity contribution in [1.29, 1.82) is 0 Å². The number of rotatable bonds is 4. The zero-order valence-electron chi connectivity index (χ0n) is 8.51. The van der Waals surface area contributed by atoms with Gasteiger partial charge in [-0.25, -0.2) is 0 Å². The van der Waals surface area contributed by atoms with Gasteiger partial charge in [0.2, 0.25) is 0 Å². The predicted octanol–water partition coefficient (Wildman–Crippen LogP) is 3.62. The maximum atomic E-state index is 5.34. The van der Waals surface area contributed by atoms with E-state index in [9.17, 15) is 0 Å². The van der Waals surface area contributed by atoms with Crippen LogP contribution >= 0.6 is 0 Å². The molecule has 0 N–H and O–H groups in total. The number of allylic oxidation sites excluding steroid dienone is 1. The molecule has 0 unspecified atom stereocenters. The van der Waals surface area contributed by atoms with E-state index in [4.69, 9.17) is 6.58 Å². The molecule has 69 valence electrons. The Morgan fingerprint density at radius 3 is 2.38 bits per heavy atom. The van der Waals surface area contributed by atoms with Crippen molar-refractivity contribution in [3.8, 4) is 0 Å². The summed E-state index contributed by atoms with van der Waals surface area (Å²) in [5.74, 6) is 0. The highest BCUT2D eigenvalue weighted by molar-refractivity contribution is 5.33. The third-order valence-corrected chi connectivity index (χ3v) is 2.44. The molecule has 0 saturated carbocycles. The van der Waals surface area contributed by atoms with E-state index in [1.807, 2.05) is 0 Å². The molecule has 0 amide bonds. The predicted molar refractivity (Wildman–Crippen MR) is 57.7 cm³/mol. The number of hydrogen-bond acceptors (Lipinski definition) is 0. The van der Waals surface area contributed by atoms with Crippen LogP contribution in [0, 0.1) is 20.4 Å². The van der Waals surface area contributed by atoms with Crippen LogP contribution in [0.1, 0.15) is 29.5 Å². The fourth-order valence-electron chi connectivity index (χ4n) is 1.64. The minimum Gasteiger partial charge on any atom is -0.0845 e. The van der Waals surface area contributed by atoms with Crippen LogP contribution in [0.15, 0.2) is 24.3 Å².